The maximum absolute atomic E-state index is 10.9. The SMILES string of the molecule is C[C@@H]1CN(c2ccc(S(=O)(=O)O)cn2)C[C@H](C)O1.NC(=O)c1ccc(Cl)cc1Cl. The van der Waals surface area contributed by atoms with E-state index in [4.69, 9.17) is 38.2 Å². The molecule has 3 rings (SSSR count). The molecule has 0 radical (unpaired) electrons. The number of carbonyl (C=O) groups is 1. The summed E-state index contributed by atoms with van der Waals surface area (Å²) in [7, 11) is -4.18. The van der Waals surface area contributed by atoms with E-state index in [2.05, 4.69) is 4.98 Å². The van der Waals surface area contributed by atoms with E-state index in [9.17, 15) is 13.2 Å². The van der Waals surface area contributed by atoms with Crippen LogP contribution < -0.4 is 10.6 Å². The van der Waals surface area contributed by atoms with Gasteiger partial charge in [0.15, 0.2) is 0 Å². The highest BCUT2D eigenvalue weighted by Gasteiger charge is 2.23. The minimum absolute atomic E-state index is 0.108. The summed E-state index contributed by atoms with van der Waals surface area (Å²) < 4.78 is 36.3. The van der Waals surface area contributed by atoms with E-state index in [0.29, 0.717) is 23.9 Å². The Hall–Kier alpha value is -1.91. The molecule has 1 aromatic heterocycles. The monoisotopic (exact) mass is 461 g/mol. The molecule has 1 saturated heterocycles. The lowest BCUT2D eigenvalue weighted by molar-refractivity contribution is -0.00546. The number of rotatable bonds is 3. The lowest BCUT2D eigenvalue weighted by Crippen LogP contribution is -2.45. The fraction of sp³-hybridized carbons (Fsp3) is 0.333. The fourth-order valence-electron chi connectivity index (χ4n) is 2.77. The molecule has 0 saturated carbocycles. The molecule has 2 aromatic rings. The van der Waals surface area contributed by atoms with Crippen molar-refractivity contribution < 1.29 is 22.5 Å². The van der Waals surface area contributed by atoms with Crippen LogP contribution in [0.15, 0.2) is 41.4 Å². The van der Waals surface area contributed by atoms with Crippen molar-refractivity contribution in [3.8, 4) is 0 Å². The van der Waals surface area contributed by atoms with Gasteiger partial charge in [-0.05, 0) is 44.2 Å². The average molecular weight is 462 g/mol. The first-order chi connectivity index (χ1) is 13.5. The number of primary amides is 1. The molecule has 29 heavy (non-hydrogen) atoms. The summed E-state index contributed by atoms with van der Waals surface area (Å²) in [5, 5.41) is 0.769. The van der Waals surface area contributed by atoms with E-state index in [1.807, 2.05) is 18.7 Å². The van der Waals surface area contributed by atoms with Crippen molar-refractivity contribution in [1.82, 2.24) is 4.98 Å². The van der Waals surface area contributed by atoms with Crippen molar-refractivity contribution in [2.75, 3.05) is 18.0 Å². The van der Waals surface area contributed by atoms with Crippen LogP contribution in [0.5, 0.6) is 0 Å². The fourth-order valence-corrected chi connectivity index (χ4v) is 3.69. The van der Waals surface area contributed by atoms with Gasteiger partial charge < -0.3 is 15.4 Å². The first-order valence-corrected chi connectivity index (χ1v) is 10.8. The minimum Gasteiger partial charge on any atom is -0.372 e. The summed E-state index contributed by atoms with van der Waals surface area (Å²) in [6.45, 7) is 5.38. The second kappa shape index (κ2) is 9.73. The third-order valence-corrected chi connectivity index (χ3v) is 5.34. The molecule has 0 spiro atoms. The normalized spacial score (nSPS) is 19.3. The van der Waals surface area contributed by atoms with Gasteiger partial charge in [-0.15, -0.1) is 0 Å². The van der Waals surface area contributed by atoms with E-state index in [0.717, 1.165) is 6.20 Å². The van der Waals surface area contributed by atoms with Gasteiger partial charge in [-0.2, -0.15) is 8.42 Å². The standard InChI is InChI=1S/C11H16N2O4S.C7H5Cl2NO/c1-8-6-13(7-9(2)17-8)11-4-3-10(5-12-11)18(14,15)16;8-4-1-2-5(7(10)11)6(9)3-4/h3-5,8-9H,6-7H2,1-2H3,(H,14,15,16);1-3H,(H2,10,11)/t8-,9+;. The summed E-state index contributed by atoms with van der Waals surface area (Å²) in [6, 6.07) is 7.47. The highest BCUT2D eigenvalue weighted by Crippen LogP contribution is 2.20. The zero-order valence-corrected chi connectivity index (χ0v) is 18.1. The van der Waals surface area contributed by atoms with Crippen molar-refractivity contribution in [2.45, 2.75) is 31.0 Å². The van der Waals surface area contributed by atoms with Crippen molar-refractivity contribution in [2.24, 2.45) is 5.73 Å². The summed E-state index contributed by atoms with van der Waals surface area (Å²) in [5.41, 5.74) is 5.29. The summed E-state index contributed by atoms with van der Waals surface area (Å²) in [4.78, 5) is 16.5. The Kier molecular flexibility index (Phi) is 7.84. The van der Waals surface area contributed by atoms with Crippen LogP contribution in [0.3, 0.4) is 0 Å². The molecular formula is C18H21Cl2N3O5S. The lowest BCUT2D eigenvalue weighted by atomic mass is 10.2. The van der Waals surface area contributed by atoms with Gasteiger partial charge in [-0.25, -0.2) is 4.98 Å². The molecule has 1 amide bonds. The number of aromatic nitrogens is 1. The topological polar surface area (TPSA) is 123 Å². The molecule has 3 N–H and O–H groups in total. The van der Waals surface area contributed by atoms with E-state index in [1.165, 1.54) is 18.2 Å². The number of ether oxygens (including phenoxy) is 1. The Balaban J connectivity index is 0.000000234. The minimum atomic E-state index is -4.18. The number of nitrogens with two attached hydrogens (primary N) is 1. The van der Waals surface area contributed by atoms with Crippen LogP contribution in [0, 0.1) is 0 Å². The third-order valence-electron chi connectivity index (χ3n) is 3.96. The van der Waals surface area contributed by atoms with Gasteiger partial charge in [0.05, 0.1) is 29.0 Å². The van der Waals surface area contributed by atoms with Gasteiger partial charge in [0, 0.05) is 18.1 Å². The first kappa shape index (κ1) is 23.4. The highest BCUT2D eigenvalue weighted by molar-refractivity contribution is 7.85. The largest absolute Gasteiger partial charge is 0.372 e. The smallest absolute Gasteiger partial charge is 0.296 e. The van der Waals surface area contributed by atoms with E-state index in [-0.39, 0.29) is 27.7 Å². The average Bonchev–Trinajstić information content (AvgIpc) is 2.60. The third kappa shape index (κ3) is 6.83. The van der Waals surface area contributed by atoms with Gasteiger partial charge in [-0.1, -0.05) is 23.2 Å². The lowest BCUT2D eigenvalue weighted by Gasteiger charge is -2.36. The predicted molar refractivity (Wildman–Crippen MR) is 111 cm³/mol. The number of anilines is 1. The van der Waals surface area contributed by atoms with Crippen LogP contribution in [0.4, 0.5) is 5.82 Å². The zero-order valence-electron chi connectivity index (χ0n) is 15.7. The Morgan fingerprint density at radius 3 is 2.28 bits per heavy atom. The number of nitrogens with zero attached hydrogens (tertiary/aromatic N) is 2. The number of benzene rings is 1. The molecule has 1 aliphatic heterocycles. The van der Waals surface area contributed by atoms with Crippen molar-refractivity contribution in [3.05, 3.63) is 52.1 Å². The van der Waals surface area contributed by atoms with Crippen LogP contribution in [-0.4, -0.2) is 49.2 Å². The van der Waals surface area contributed by atoms with Gasteiger partial charge in [0.2, 0.25) is 5.91 Å². The van der Waals surface area contributed by atoms with Crippen LogP contribution in [0.2, 0.25) is 10.0 Å². The predicted octanol–water partition coefficient (Wildman–Crippen LogP) is 3.03. The molecule has 0 aliphatic carbocycles. The number of hydrogen-bond donors (Lipinski definition) is 2. The summed E-state index contributed by atoms with van der Waals surface area (Å²) in [6.07, 6.45) is 1.38. The molecule has 2 heterocycles. The van der Waals surface area contributed by atoms with Crippen molar-refractivity contribution >= 4 is 45.0 Å². The van der Waals surface area contributed by atoms with Crippen molar-refractivity contribution in [1.29, 1.82) is 0 Å². The maximum atomic E-state index is 10.9. The number of carbonyl (C=O) groups excluding carboxylic acids is 1. The molecule has 1 fully saturated rings. The Labute approximate surface area is 179 Å². The quantitative estimate of drug-likeness (QED) is 0.673. The van der Waals surface area contributed by atoms with E-state index < -0.39 is 16.0 Å². The molecule has 158 valence electrons. The van der Waals surface area contributed by atoms with Gasteiger partial charge in [0.1, 0.15) is 10.7 Å². The Bertz CT molecular complexity index is 960. The van der Waals surface area contributed by atoms with E-state index in [1.54, 1.807) is 12.1 Å². The highest BCUT2D eigenvalue weighted by atomic mass is 35.5. The van der Waals surface area contributed by atoms with Crippen LogP contribution >= 0.6 is 23.2 Å². The number of halogens is 2. The van der Waals surface area contributed by atoms with Gasteiger partial charge >= 0.3 is 0 Å². The second-order valence-corrected chi connectivity index (χ2v) is 8.74. The van der Waals surface area contributed by atoms with Crippen LogP contribution in [0.1, 0.15) is 24.2 Å². The van der Waals surface area contributed by atoms with Gasteiger partial charge in [0.25, 0.3) is 10.1 Å². The zero-order chi connectivity index (χ0) is 21.8. The molecule has 0 bridgehead atoms. The number of hydrogen-bond acceptors (Lipinski definition) is 6. The van der Waals surface area contributed by atoms with Crippen LogP contribution in [0.25, 0.3) is 0 Å². The Morgan fingerprint density at radius 2 is 1.83 bits per heavy atom. The molecule has 1 aromatic carbocycles. The molecule has 1 aliphatic rings. The van der Waals surface area contributed by atoms with Crippen LogP contribution in [-0.2, 0) is 14.9 Å². The van der Waals surface area contributed by atoms with Gasteiger partial charge in [-0.3, -0.25) is 9.35 Å². The molecule has 0 unspecified atom stereocenters. The molecule has 11 heteroatoms. The summed E-state index contributed by atoms with van der Waals surface area (Å²) in [5.74, 6) is 0.135. The van der Waals surface area contributed by atoms with Crippen molar-refractivity contribution in [3.63, 3.8) is 0 Å². The number of amides is 1. The summed E-state index contributed by atoms with van der Waals surface area (Å²) >= 11 is 11.2. The Morgan fingerprint density at radius 1 is 1.21 bits per heavy atom. The van der Waals surface area contributed by atoms with E-state index >= 15 is 0 Å². The first-order valence-electron chi connectivity index (χ1n) is 8.56. The molecule has 8 nitrogen and oxygen atoms in total. The number of morpholine rings is 1. The molecular weight excluding hydrogens is 441 g/mol. The second-order valence-electron chi connectivity index (χ2n) is 6.48. The number of pyridine rings is 1. The molecule has 2 atom stereocenters. The maximum Gasteiger partial charge on any atom is 0.296 e.